The molecule has 0 aliphatic carbocycles. The highest BCUT2D eigenvalue weighted by atomic mass is 35.5. The van der Waals surface area contributed by atoms with Gasteiger partial charge >= 0.3 is 5.97 Å². The number of benzene rings is 1. The molecule has 0 fully saturated rings. The first kappa shape index (κ1) is 11.8. The number of ether oxygens (including phenoxy) is 1. The molecule has 2 nitrogen and oxygen atoms in total. The van der Waals surface area contributed by atoms with E-state index in [2.05, 4.69) is 4.74 Å². The molecule has 0 spiro atoms. The van der Waals surface area contributed by atoms with Crippen LogP contribution in [0.3, 0.4) is 0 Å². The van der Waals surface area contributed by atoms with Crippen LogP contribution in [0.1, 0.15) is 18.9 Å². The predicted molar refractivity (Wildman–Crippen MR) is 61.7 cm³/mol. The average Bonchev–Trinajstić information content (AvgIpc) is 2.27. The lowest BCUT2D eigenvalue weighted by atomic mass is 10.0. The van der Waals surface area contributed by atoms with Crippen molar-refractivity contribution in [3.05, 3.63) is 40.9 Å². The molecular formula is C12H13ClO2. The minimum absolute atomic E-state index is 0.332. The van der Waals surface area contributed by atoms with Gasteiger partial charge in [-0.05, 0) is 29.7 Å². The summed E-state index contributed by atoms with van der Waals surface area (Å²) < 4.78 is 4.59. The molecule has 0 aromatic heterocycles. The van der Waals surface area contributed by atoms with E-state index in [0.717, 1.165) is 17.6 Å². The molecule has 0 radical (unpaired) electrons. The Bertz CT molecular complexity index is 366. The molecule has 0 atom stereocenters. The molecule has 1 aromatic rings. The van der Waals surface area contributed by atoms with Crippen LogP contribution in [-0.2, 0) is 9.53 Å². The van der Waals surface area contributed by atoms with E-state index in [1.54, 1.807) is 12.1 Å². The van der Waals surface area contributed by atoms with Gasteiger partial charge in [0.2, 0.25) is 0 Å². The van der Waals surface area contributed by atoms with Crippen LogP contribution in [0.5, 0.6) is 0 Å². The standard InChI is InChI=1S/C12H13ClO2/c1-3-9(8-12(14)15-2)10-4-6-11(13)7-5-10/h4-8H,3H2,1-2H3/b9-8-. The Kier molecular flexibility index (Phi) is 4.37. The zero-order chi connectivity index (χ0) is 11.3. The van der Waals surface area contributed by atoms with Crippen LogP contribution in [-0.4, -0.2) is 13.1 Å². The summed E-state index contributed by atoms with van der Waals surface area (Å²) in [6.07, 6.45) is 2.28. The van der Waals surface area contributed by atoms with Gasteiger partial charge in [0.1, 0.15) is 0 Å². The summed E-state index contributed by atoms with van der Waals surface area (Å²) in [7, 11) is 1.37. The topological polar surface area (TPSA) is 26.3 Å². The maximum Gasteiger partial charge on any atom is 0.330 e. The molecule has 80 valence electrons. The highest BCUT2D eigenvalue weighted by molar-refractivity contribution is 6.30. The van der Waals surface area contributed by atoms with Gasteiger partial charge in [-0.1, -0.05) is 30.7 Å². The van der Waals surface area contributed by atoms with Crippen molar-refractivity contribution in [3.63, 3.8) is 0 Å². The van der Waals surface area contributed by atoms with E-state index >= 15 is 0 Å². The van der Waals surface area contributed by atoms with E-state index in [1.165, 1.54) is 13.2 Å². The number of hydrogen-bond acceptors (Lipinski definition) is 2. The van der Waals surface area contributed by atoms with Crippen LogP contribution in [0.2, 0.25) is 5.02 Å². The van der Waals surface area contributed by atoms with E-state index in [-0.39, 0.29) is 5.97 Å². The minimum atomic E-state index is -0.332. The molecule has 0 heterocycles. The van der Waals surface area contributed by atoms with Crippen LogP contribution >= 0.6 is 11.6 Å². The molecule has 0 amide bonds. The maximum absolute atomic E-state index is 11.1. The summed E-state index contributed by atoms with van der Waals surface area (Å²) >= 11 is 5.78. The fraction of sp³-hybridized carbons (Fsp3) is 0.250. The molecule has 0 saturated carbocycles. The van der Waals surface area contributed by atoms with E-state index in [0.29, 0.717) is 5.02 Å². The Morgan fingerprint density at radius 3 is 2.47 bits per heavy atom. The molecule has 0 aliphatic rings. The number of hydrogen-bond donors (Lipinski definition) is 0. The zero-order valence-electron chi connectivity index (χ0n) is 8.79. The lowest BCUT2D eigenvalue weighted by molar-refractivity contribution is -0.134. The van der Waals surface area contributed by atoms with Crippen molar-refractivity contribution in [2.75, 3.05) is 7.11 Å². The van der Waals surface area contributed by atoms with Crippen LogP contribution in [0.25, 0.3) is 5.57 Å². The second-order valence-corrected chi connectivity index (χ2v) is 3.49. The fourth-order valence-electron chi connectivity index (χ4n) is 1.25. The number of carbonyl (C=O) groups excluding carboxylic acids is 1. The number of esters is 1. The van der Waals surface area contributed by atoms with Gasteiger partial charge in [0.05, 0.1) is 7.11 Å². The van der Waals surface area contributed by atoms with Gasteiger partial charge in [0.25, 0.3) is 0 Å². The van der Waals surface area contributed by atoms with Gasteiger partial charge in [-0.25, -0.2) is 4.79 Å². The summed E-state index contributed by atoms with van der Waals surface area (Å²) in [5, 5.41) is 0.687. The molecule has 0 aliphatic heterocycles. The van der Waals surface area contributed by atoms with E-state index in [1.807, 2.05) is 19.1 Å². The van der Waals surface area contributed by atoms with Crippen LogP contribution in [0, 0.1) is 0 Å². The van der Waals surface area contributed by atoms with Gasteiger partial charge < -0.3 is 4.74 Å². The third-order valence-corrected chi connectivity index (χ3v) is 2.34. The van der Waals surface area contributed by atoms with Crippen LogP contribution in [0.15, 0.2) is 30.3 Å². The van der Waals surface area contributed by atoms with E-state index in [4.69, 9.17) is 11.6 Å². The Hall–Kier alpha value is -1.28. The SMILES string of the molecule is CC/C(=C/C(=O)OC)c1ccc(Cl)cc1. The number of carbonyl (C=O) groups is 1. The molecule has 3 heteroatoms. The van der Waals surface area contributed by atoms with Crippen molar-refractivity contribution in [3.8, 4) is 0 Å². The van der Waals surface area contributed by atoms with Gasteiger partial charge in [-0.2, -0.15) is 0 Å². The average molecular weight is 225 g/mol. The minimum Gasteiger partial charge on any atom is -0.466 e. The summed E-state index contributed by atoms with van der Waals surface area (Å²) in [5.74, 6) is -0.332. The van der Waals surface area contributed by atoms with Gasteiger partial charge in [-0.15, -0.1) is 0 Å². The van der Waals surface area contributed by atoms with Crippen molar-refractivity contribution in [2.45, 2.75) is 13.3 Å². The molecule has 15 heavy (non-hydrogen) atoms. The van der Waals surface area contributed by atoms with Crippen molar-refractivity contribution >= 4 is 23.1 Å². The Morgan fingerprint density at radius 1 is 1.40 bits per heavy atom. The fourth-order valence-corrected chi connectivity index (χ4v) is 1.38. The van der Waals surface area contributed by atoms with E-state index in [9.17, 15) is 4.79 Å². The second-order valence-electron chi connectivity index (χ2n) is 3.05. The third-order valence-electron chi connectivity index (χ3n) is 2.09. The first-order valence-corrected chi connectivity index (χ1v) is 5.09. The lowest BCUT2D eigenvalue weighted by Gasteiger charge is -2.04. The van der Waals surface area contributed by atoms with Crippen molar-refractivity contribution in [1.82, 2.24) is 0 Å². The molecular weight excluding hydrogens is 212 g/mol. The van der Waals surface area contributed by atoms with Crippen LogP contribution in [0.4, 0.5) is 0 Å². The number of halogens is 1. The van der Waals surface area contributed by atoms with E-state index < -0.39 is 0 Å². The maximum atomic E-state index is 11.1. The van der Waals surface area contributed by atoms with Gasteiger partial charge in [0, 0.05) is 11.1 Å². The Balaban J connectivity index is 2.97. The smallest absolute Gasteiger partial charge is 0.330 e. The quantitative estimate of drug-likeness (QED) is 0.582. The molecule has 1 rings (SSSR count). The normalized spacial score (nSPS) is 11.3. The predicted octanol–water partition coefficient (Wildman–Crippen LogP) is 3.31. The largest absolute Gasteiger partial charge is 0.466 e. The highest BCUT2D eigenvalue weighted by Crippen LogP contribution is 2.20. The van der Waals surface area contributed by atoms with Crippen molar-refractivity contribution in [1.29, 1.82) is 0 Å². The zero-order valence-corrected chi connectivity index (χ0v) is 9.54. The Morgan fingerprint density at radius 2 is 2.00 bits per heavy atom. The highest BCUT2D eigenvalue weighted by Gasteiger charge is 2.02. The summed E-state index contributed by atoms with van der Waals surface area (Å²) in [4.78, 5) is 11.1. The first-order chi connectivity index (χ1) is 7.17. The molecule has 0 unspecified atom stereocenters. The first-order valence-electron chi connectivity index (χ1n) is 4.71. The number of rotatable bonds is 3. The lowest BCUT2D eigenvalue weighted by Crippen LogP contribution is -1.96. The summed E-state index contributed by atoms with van der Waals surface area (Å²) in [5.41, 5.74) is 1.94. The molecule has 0 N–H and O–H groups in total. The summed E-state index contributed by atoms with van der Waals surface area (Å²) in [6.45, 7) is 1.99. The van der Waals surface area contributed by atoms with Crippen LogP contribution < -0.4 is 0 Å². The molecule has 0 bridgehead atoms. The third kappa shape index (κ3) is 3.40. The van der Waals surface area contributed by atoms with Crippen molar-refractivity contribution in [2.24, 2.45) is 0 Å². The monoisotopic (exact) mass is 224 g/mol. The number of methoxy groups -OCH3 is 1. The van der Waals surface area contributed by atoms with Gasteiger partial charge in [0.15, 0.2) is 0 Å². The number of allylic oxidation sites excluding steroid dienone is 1. The van der Waals surface area contributed by atoms with Crippen molar-refractivity contribution < 1.29 is 9.53 Å². The Labute approximate surface area is 94.5 Å². The molecule has 0 saturated heterocycles. The van der Waals surface area contributed by atoms with Gasteiger partial charge in [-0.3, -0.25) is 0 Å². The molecule has 1 aromatic carbocycles. The summed E-state index contributed by atoms with van der Waals surface area (Å²) in [6, 6.07) is 7.39. The second kappa shape index (κ2) is 5.56.